The highest BCUT2D eigenvalue weighted by Crippen LogP contribution is 2.26. The first kappa shape index (κ1) is 15.1. The van der Waals surface area contributed by atoms with Crippen LogP contribution < -0.4 is 10.2 Å². The Kier molecular flexibility index (Phi) is 4.49. The Hall–Kier alpha value is -1.80. The molecule has 3 rings (SSSR count). The number of aryl methyl sites for hydroxylation is 1. The van der Waals surface area contributed by atoms with Gasteiger partial charge in [0.1, 0.15) is 5.01 Å². The number of nitrogens with one attached hydrogen (secondary N) is 1. The van der Waals surface area contributed by atoms with Crippen LogP contribution in [0.4, 0.5) is 5.13 Å². The summed E-state index contributed by atoms with van der Waals surface area (Å²) < 4.78 is 0. The minimum Gasteiger partial charge on any atom is -0.349 e. The molecule has 0 radical (unpaired) electrons. The molecule has 2 amide bonds. The number of rotatable bonds is 5. The minimum absolute atomic E-state index is 0.0439. The van der Waals surface area contributed by atoms with E-state index >= 15 is 0 Å². The monoisotopic (exact) mass is 336 g/mol. The summed E-state index contributed by atoms with van der Waals surface area (Å²) in [5, 5.41) is 8.26. The number of amides is 2. The molecule has 3 heterocycles. The first-order valence-corrected chi connectivity index (χ1v) is 8.84. The number of nitrogens with zero attached hydrogens (tertiary/aromatic N) is 3. The molecule has 8 heteroatoms. The second-order valence-electron chi connectivity index (χ2n) is 5.02. The lowest BCUT2D eigenvalue weighted by molar-refractivity contribution is -0.126. The lowest BCUT2D eigenvalue weighted by atomic mass is 10.1. The fraction of sp³-hybridized carbons (Fsp3) is 0.429. The summed E-state index contributed by atoms with van der Waals surface area (Å²) in [5.41, 5.74) is 1.04. The number of hydrogen-bond acceptors (Lipinski definition) is 6. The summed E-state index contributed by atoms with van der Waals surface area (Å²) in [5.74, 6) is -0.458. The maximum absolute atomic E-state index is 12.2. The minimum atomic E-state index is -0.318. The van der Waals surface area contributed by atoms with Crippen molar-refractivity contribution in [3.8, 4) is 0 Å². The van der Waals surface area contributed by atoms with Crippen molar-refractivity contribution in [2.24, 2.45) is 5.92 Å². The summed E-state index contributed by atoms with van der Waals surface area (Å²) in [6, 6.07) is 0. The molecule has 1 aliphatic rings. The summed E-state index contributed by atoms with van der Waals surface area (Å²) in [6.45, 7) is 2.87. The second kappa shape index (κ2) is 6.53. The molecule has 1 N–H and O–H groups in total. The molecule has 1 saturated heterocycles. The van der Waals surface area contributed by atoms with Crippen LogP contribution in [0.25, 0.3) is 0 Å². The van der Waals surface area contributed by atoms with Crippen LogP contribution in [0.3, 0.4) is 0 Å². The third-order valence-corrected chi connectivity index (χ3v) is 5.21. The average molecular weight is 336 g/mol. The van der Waals surface area contributed by atoms with E-state index in [1.165, 1.54) is 11.3 Å². The Morgan fingerprint density at radius 3 is 3.05 bits per heavy atom. The maximum Gasteiger partial charge on any atom is 0.229 e. The van der Waals surface area contributed by atoms with Gasteiger partial charge in [0.05, 0.1) is 18.2 Å². The maximum atomic E-state index is 12.2. The van der Waals surface area contributed by atoms with Gasteiger partial charge in [-0.3, -0.25) is 14.5 Å². The molecule has 1 aliphatic heterocycles. The number of hydrogen-bond donors (Lipinski definition) is 1. The molecule has 2 aromatic heterocycles. The first-order chi connectivity index (χ1) is 10.7. The van der Waals surface area contributed by atoms with Crippen molar-refractivity contribution in [2.45, 2.75) is 26.3 Å². The average Bonchev–Trinajstić information content (AvgIpc) is 3.24. The van der Waals surface area contributed by atoms with Crippen molar-refractivity contribution in [1.29, 1.82) is 0 Å². The Morgan fingerprint density at radius 1 is 1.50 bits per heavy atom. The second-order valence-corrected chi connectivity index (χ2v) is 6.84. The number of anilines is 1. The van der Waals surface area contributed by atoms with Gasteiger partial charge in [-0.1, -0.05) is 6.92 Å². The lowest BCUT2D eigenvalue weighted by Gasteiger charge is -2.12. The first-order valence-electron chi connectivity index (χ1n) is 7.08. The number of carbonyl (C=O) groups is 2. The van der Waals surface area contributed by atoms with Crippen molar-refractivity contribution in [1.82, 2.24) is 15.3 Å². The molecule has 2 aromatic rings. The van der Waals surface area contributed by atoms with E-state index in [2.05, 4.69) is 22.2 Å². The quantitative estimate of drug-likeness (QED) is 0.904. The molecule has 1 unspecified atom stereocenters. The van der Waals surface area contributed by atoms with Gasteiger partial charge in [0.2, 0.25) is 11.8 Å². The molecule has 0 aromatic carbocycles. The van der Waals surface area contributed by atoms with Gasteiger partial charge in [-0.15, -0.1) is 22.7 Å². The number of carbonyl (C=O) groups excluding carboxylic acids is 2. The van der Waals surface area contributed by atoms with Crippen LogP contribution in [0.15, 0.2) is 17.0 Å². The van der Waals surface area contributed by atoms with Crippen molar-refractivity contribution in [3.63, 3.8) is 0 Å². The highest BCUT2D eigenvalue weighted by atomic mass is 32.1. The zero-order valence-electron chi connectivity index (χ0n) is 12.1. The molecule has 1 fully saturated rings. The van der Waals surface area contributed by atoms with Gasteiger partial charge in [0.25, 0.3) is 0 Å². The van der Waals surface area contributed by atoms with Crippen LogP contribution in [0.2, 0.25) is 0 Å². The van der Waals surface area contributed by atoms with E-state index in [0.29, 0.717) is 18.2 Å². The predicted molar refractivity (Wildman–Crippen MR) is 85.9 cm³/mol. The van der Waals surface area contributed by atoms with Crippen molar-refractivity contribution < 1.29 is 9.59 Å². The van der Waals surface area contributed by atoms with Crippen LogP contribution in [0, 0.1) is 5.92 Å². The standard InChI is InChI=1S/C14H16N4O2S2/c1-2-10-8-22-11(17-10)6-16-13(20)9-5-12(19)18(7-9)14-15-3-4-21-14/h3-4,8-9H,2,5-7H2,1H3,(H,16,20). The summed E-state index contributed by atoms with van der Waals surface area (Å²) in [4.78, 5) is 34.4. The third kappa shape index (κ3) is 3.17. The van der Waals surface area contributed by atoms with Gasteiger partial charge >= 0.3 is 0 Å². The van der Waals surface area contributed by atoms with E-state index in [4.69, 9.17) is 0 Å². The summed E-state index contributed by atoms with van der Waals surface area (Å²) in [7, 11) is 0. The van der Waals surface area contributed by atoms with E-state index in [-0.39, 0.29) is 24.2 Å². The fourth-order valence-corrected chi connectivity index (χ4v) is 3.80. The van der Waals surface area contributed by atoms with Crippen molar-refractivity contribution in [3.05, 3.63) is 27.7 Å². The highest BCUT2D eigenvalue weighted by Gasteiger charge is 2.36. The number of thiazole rings is 2. The molecule has 0 bridgehead atoms. The van der Waals surface area contributed by atoms with Gasteiger partial charge < -0.3 is 5.32 Å². The summed E-state index contributed by atoms with van der Waals surface area (Å²) in [6.07, 6.45) is 2.79. The molecule has 0 saturated carbocycles. The van der Waals surface area contributed by atoms with E-state index in [1.54, 1.807) is 22.4 Å². The molecular formula is C14H16N4O2S2. The van der Waals surface area contributed by atoms with E-state index < -0.39 is 0 Å². The van der Waals surface area contributed by atoms with Crippen LogP contribution in [0.5, 0.6) is 0 Å². The topological polar surface area (TPSA) is 75.2 Å². The van der Waals surface area contributed by atoms with Gasteiger partial charge in [-0.2, -0.15) is 0 Å². The Morgan fingerprint density at radius 2 is 2.36 bits per heavy atom. The van der Waals surface area contributed by atoms with Crippen LogP contribution in [-0.2, 0) is 22.6 Å². The SMILES string of the molecule is CCc1csc(CNC(=O)C2CC(=O)N(c3nccs3)C2)n1. The Balaban J connectivity index is 1.56. The normalized spacial score (nSPS) is 18.0. The van der Waals surface area contributed by atoms with E-state index in [1.807, 2.05) is 10.8 Å². The van der Waals surface area contributed by atoms with Crippen LogP contribution >= 0.6 is 22.7 Å². The molecule has 0 spiro atoms. The molecule has 22 heavy (non-hydrogen) atoms. The fourth-order valence-electron chi connectivity index (χ4n) is 2.32. The van der Waals surface area contributed by atoms with E-state index in [0.717, 1.165) is 17.1 Å². The Labute approximate surface area is 136 Å². The zero-order chi connectivity index (χ0) is 15.5. The third-order valence-electron chi connectivity index (χ3n) is 3.52. The van der Waals surface area contributed by atoms with E-state index in [9.17, 15) is 9.59 Å². The highest BCUT2D eigenvalue weighted by molar-refractivity contribution is 7.13. The predicted octanol–water partition coefficient (Wildman–Crippen LogP) is 1.83. The van der Waals surface area contributed by atoms with Gasteiger partial charge in [0, 0.05) is 29.9 Å². The lowest BCUT2D eigenvalue weighted by Crippen LogP contribution is -2.32. The van der Waals surface area contributed by atoms with Crippen molar-refractivity contribution >= 4 is 39.6 Å². The smallest absolute Gasteiger partial charge is 0.229 e. The molecule has 6 nitrogen and oxygen atoms in total. The van der Waals surface area contributed by atoms with Gasteiger partial charge in [-0.25, -0.2) is 9.97 Å². The molecule has 116 valence electrons. The zero-order valence-corrected chi connectivity index (χ0v) is 13.7. The molecular weight excluding hydrogens is 320 g/mol. The molecule has 0 aliphatic carbocycles. The summed E-state index contributed by atoms with van der Waals surface area (Å²) >= 11 is 2.95. The number of aromatic nitrogens is 2. The largest absolute Gasteiger partial charge is 0.349 e. The van der Waals surface area contributed by atoms with Gasteiger partial charge in [-0.05, 0) is 6.42 Å². The van der Waals surface area contributed by atoms with Crippen molar-refractivity contribution in [2.75, 3.05) is 11.4 Å². The van der Waals surface area contributed by atoms with Gasteiger partial charge in [0.15, 0.2) is 5.13 Å². The molecule has 1 atom stereocenters. The van der Waals surface area contributed by atoms with Crippen LogP contribution in [0.1, 0.15) is 24.0 Å². The Bertz CT molecular complexity index is 668. The van der Waals surface area contributed by atoms with Crippen LogP contribution in [-0.4, -0.2) is 28.3 Å².